The quantitative estimate of drug-likeness (QED) is 0.515. The lowest BCUT2D eigenvalue weighted by Gasteiger charge is -2.26. The van der Waals surface area contributed by atoms with Crippen LogP contribution < -0.4 is 5.84 Å². The van der Waals surface area contributed by atoms with E-state index in [9.17, 15) is 0 Å². The summed E-state index contributed by atoms with van der Waals surface area (Å²) in [5.74, 6) is 6.44. The third-order valence-electron chi connectivity index (χ3n) is 2.44. The lowest BCUT2D eigenvalue weighted by molar-refractivity contribution is 0.231. The molecule has 0 saturated carbocycles. The summed E-state index contributed by atoms with van der Waals surface area (Å²) in [6.45, 7) is 9.01. The van der Waals surface area contributed by atoms with Crippen LogP contribution in [0.3, 0.4) is 0 Å². The zero-order valence-electron chi connectivity index (χ0n) is 7.22. The van der Waals surface area contributed by atoms with E-state index in [1.165, 1.54) is 6.42 Å². The first-order chi connectivity index (χ1) is 4.50. The van der Waals surface area contributed by atoms with E-state index in [-0.39, 0.29) is 0 Å². The van der Waals surface area contributed by atoms with Gasteiger partial charge in [0.1, 0.15) is 0 Å². The van der Waals surface area contributed by atoms with Crippen molar-refractivity contribution in [1.29, 1.82) is 0 Å². The maximum Gasteiger partial charge on any atom is 0.0162 e. The Morgan fingerprint density at radius 3 is 2.20 bits per heavy atom. The molecule has 0 aliphatic carbocycles. The van der Waals surface area contributed by atoms with Gasteiger partial charge in [0, 0.05) is 13.1 Å². The largest absolute Gasteiger partial charge is 0.269 e. The number of hydrogen-bond acceptors (Lipinski definition) is 2. The molecule has 1 aliphatic heterocycles. The highest BCUT2D eigenvalue weighted by Gasteiger charge is 2.30. The van der Waals surface area contributed by atoms with Crippen LogP contribution in [0, 0.1) is 11.3 Å². The summed E-state index contributed by atoms with van der Waals surface area (Å²) >= 11 is 0. The predicted molar refractivity (Wildman–Crippen MR) is 43.3 cm³/mol. The lowest BCUT2D eigenvalue weighted by Crippen LogP contribution is -2.30. The predicted octanol–water partition coefficient (Wildman–Crippen LogP) is 1.23. The second-order valence-electron chi connectivity index (χ2n) is 4.35. The Kier molecular flexibility index (Phi) is 2.02. The van der Waals surface area contributed by atoms with Gasteiger partial charge in [-0.1, -0.05) is 20.8 Å². The first-order valence-electron chi connectivity index (χ1n) is 4.00. The van der Waals surface area contributed by atoms with Gasteiger partial charge >= 0.3 is 0 Å². The Morgan fingerprint density at radius 2 is 2.00 bits per heavy atom. The normalized spacial score (nSPS) is 29.4. The molecule has 1 rings (SSSR count). The van der Waals surface area contributed by atoms with Crippen molar-refractivity contribution >= 4 is 0 Å². The molecule has 1 heterocycles. The first kappa shape index (κ1) is 8.02. The SMILES string of the molecule is CC(C)(C)C1CCN(N)C1. The van der Waals surface area contributed by atoms with Crippen LogP contribution in [0.25, 0.3) is 0 Å². The van der Waals surface area contributed by atoms with Gasteiger partial charge in [-0.15, -0.1) is 0 Å². The highest BCUT2D eigenvalue weighted by atomic mass is 15.4. The molecule has 0 aromatic rings. The fourth-order valence-corrected chi connectivity index (χ4v) is 1.49. The van der Waals surface area contributed by atoms with Crippen molar-refractivity contribution in [2.75, 3.05) is 13.1 Å². The Bertz CT molecular complexity index is 115. The molecule has 2 N–H and O–H groups in total. The van der Waals surface area contributed by atoms with Crippen LogP contribution in [0.5, 0.6) is 0 Å². The Morgan fingerprint density at radius 1 is 1.40 bits per heavy atom. The Balaban J connectivity index is 2.45. The standard InChI is InChI=1S/C8H18N2/c1-8(2,3)7-4-5-10(9)6-7/h7H,4-6,9H2,1-3H3. The zero-order chi connectivity index (χ0) is 7.78. The summed E-state index contributed by atoms with van der Waals surface area (Å²) in [4.78, 5) is 0. The van der Waals surface area contributed by atoms with Crippen molar-refractivity contribution in [2.24, 2.45) is 17.2 Å². The van der Waals surface area contributed by atoms with E-state index < -0.39 is 0 Å². The van der Waals surface area contributed by atoms with E-state index in [1.54, 1.807) is 0 Å². The highest BCUT2D eigenvalue weighted by Crippen LogP contribution is 2.32. The van der Waals surface area contributed by atoms with Crippen LogP contribution in [0.2, 0.25) is 0 Å². The highest BCUT2D eigenvalue weighted by molar-refractivity contribution is 4.81. The lowest BCUT2D eigenvalue weighted by atomic mass is 9.80. The third kappa shape index (κ3) is 1.70. The van der Waals surface area contributed by atoms with E-state index in [0.717, 1.165) is 19.0 Å². The molecule has 1 saturated heterocycles. The minimum Gasteiger partial charge on any atom is -0.269 e. The van der Waals surface area contributed by atoms with Crippen molar-refractivity contribution in [3.8, 4) is 0 Å². The number of hydrogen-bond donors (Lipinski definition) is 1. The average Bonchev–Trinajstić information content (AvgIpc) is 2.11. The molecule has 2 heteroatoms. The van der Waals surface area contributed by atoms with Crippen LogP contribution in [0.15, 0.2) is 0 Å². The molecule has 0 bridgehead atoms. The second kappa shape index (κ2) is 2.51. The van der Waals surface area contributed by atoms with Gasteiger partial charge in [0.05, 0.1) is 0 Å². The molecule has 1 unspecified atom stereocenters. The maximum atomic E-state index is 5.66. The summed E-state index contributed by atoms with van der Waals surface area (Å²) in [6, 6.07) is 0. The Labute approximate surface area is 63.4 Å². The molecule has 10 heavy (non-hydrogen) atoms. The molecular weight excluding hydrogens is 124 g/mol. The molecule has 0 aromatic carbocycles. The third-order valence-corrected chi connectivity index (χ3v) is 2.44. The summed E-state index contributed by atoms with van der Waals surface area (Å²) in [5.41, 5.74) is 0.439. The first-order valence-corrected chi connectivity index (χ1v) is 4.00. The van der Waals surface area contributed by atoms with Crippen LogP contribution in [0.4, 0.5) is 0 Å². The fourth-order valence-electron chi connectivity index (χ4n) is 1.49. The average molecular weight is 142 g/mol. The van der Waals surface area contributed by atoms with E-state index in [4.69, 9.17) is 5.84 Å². The molecule has 0 amide bonds. The van der Waals surface area contributed by atoms with Gasteiger partial charge in [-0.2, -0.15) is 0 Å². The van der Waals surface area contributed by atoms with Crippen molar-refractivity contribution in [2.45, 2.75) is 27.2 Å². The van der Waals surface area contributed by atoms with Gasteiger partial charge in [-0.25, -0.2) is 5.01 Å². The zero-order valence-corrected chi connectivity index (χ0v) is 7.22. The van der Waals surface area contributed by atoms with Gasteiger partial charge in [-0.3, -0.25) is 5.84 Å². The summed E-state index contributed by atoms with van der Waals surface area (Å²) in [5, 5.41) is 1.93. The van der Waals surface area contributed by atoms with Gasteiger partial charge in [0.2, 0.25) is 0 Å². The minimum atomic E-state index is 0.439. The molecule has 0 radical (unpaired) electrons. The van der Waals surface area contributed by atoms with Crippen molar-refractivity contribution < 1.29 is 0 Å². The molecule has 2 nitrogen and oxygen atoms in total. The fraction of sp³-hybridized carbons (Fsp3) is 1.00. The molecule has 0 aromatic heterocycles. The van der Waals surface area contributed by atoms with E-state index in [2.05, 4.69) is 20.8 Å². The Hall–Kier alpha value is -0.0800. The molecule has 1 atom stereocenters. The van der Waals surface area contributed by atoms with Crippen molar-refractivity contribution in [1.82, 2.24) is 5.01 Å². The van der Waals surface area contributed by atoms with Crippen molar-refractivity contribution in [3.05, 3.63) is 0 Å². The summed E-state index contributed by atoms with van der Waals surface area (Å²) in [7, 11) is 0. The van der Waals surface area contributed by atoms with E-state index in [0.29, 0.717) is 5.41 Å². The van der Waals surface area contributed by atoms with Crippen molar-refractivity contribution in [3.63, 3.8) is 0 Å². The molecule has 1 fully saturated rings. The number of nitrogens with zero attached hydrogens (tertiary/aromatic N) is 1. The summed E-state index contributed by atoms with van der Waals surface area (Å²) < 4.78 is 0. The van der Waals surface area contributed by atoms with E-state index >= 15 is 0 Å². The number of rotatable bonds is 0. The van der Waals surface area contributed by atoms with Crippen LogP contribution >= 0.6 is 0 Å². The molecule has 1 aliphatic rings. The number of hydrazine groups is 1. The van der Waals surface area contributed by atoms with Gasteiger partial charge in [0.25, 0.3) is 0 Å². The van der Waals surface area contributed by atoms with E-state index in [1.807, 2.05) is 5.01 Å². The second-order valence-corrected chi connectivity index (χ2v) is 4.35. The van der Waals surface area contributed by atoms with Crippen LogP contribution in [-0.2, 0) is 0 Å². The smallest absolute Gasteiger partial charge is 0.0162 e. The van der Waals surface area contributed by atoms with Crippen LogP contribution in [-0.4, -0.2) is 18.1 Å². The minimum absolute atomic E-state index is 0.439. The topological polar surface area (TPSA) is 29.3 Å². The van der Waals surface area contributed by atoms with Crippen LogP contribution in [0.1, 0.15) is 27.2 Å². The summed E-state index contributed by atoms with van der Waals surface area (Å²) in [6.07, 6.45) is 1.26. The monoisotopic (exact) mass is 142 g/mol. The molecular formula is C8H18N2. The molecule has 0 spiro atoms. The number of nitrogens with two attached hydrogens (primary N) is 1. The van der Waals surface area contributed by atoms with Gasteiger partial charge in [-0.05, 0) is 17.8 Å². The van der Waals surface area contributed by atoms with Gasteiger partial charge < -0.3 is 0 Å². The molecule has 60 valence electrons. The maximum absolute atomic E-state index is 5.66. The van der Waals surface area contributed by atoms with Gasteiger partial charge in [0.15, 0.2) is 0 Å².